The standard InChI is InChI=1S/C28H38N8O7.C19H19N7O6.C13H28N2O4/c29-11-3-13-43-15-14-42-12-2-1-4-21(37)9-10-22(27(40)41)34-25(38)18-5-7-19(8-6-18)31-16-20-17-32-24-23(33-20)26(39)36-28(30)35-24;20-19-25-15-14(17(30)26-19)23-11(8-22-15)7-21-10-3-1-9(2-4-10)16(29)24-12(18(31)32)5-6-13(27)28;1-13(2,3)19-12(16)15-7-5-9-18-11-10-17-8-4-6-14/h5-8,17,22,31H,1-4,9-16,29H2,(H,34,38)(H,40,41)(H3,30,32,35,36,39);1-4,8,12,21H,5-7H2,(H,24,29)(H,27,28)(H,31,32)(H3,20,22,25,26,30);4-11,14H2,1-3H3,(H,15,16). The van der Waals surface area contributed by atoms with E-state index in [1.165, 1.54) is 24.5 Å². The average molecular weight is 1320 g/mol. The molecule has 4 aromatic heterocycles. The average Bonchev–Trinajstić information content (AvgIpc) is 0.865. The molecule has 0 radical (unpaired) electrons. The van der Waals surface area contributed by atoms with Gasteiger partial charge >= 0.3 is 24.0 Å². The summed E-state index contributed by atoms with van der Waals surface area (Å²) in [7, 11) is 0. The highest BCUT2D eigenvalue weighted by molar-refractivity contribution is 5.97. The van der Waals surface area contributed by atoms with E-state index >= 15 is 0 Å². The van der Waals surface area contributed by atoms with Gasteiger partial charge in [0.2, 0.25) is 11.9 Å². The maximum absolute atomic E-state index is 12.7. The molecule has 0 aliphatic rings. The quantitative estimate of drug-likeness (QED) is 0.0246. The van der Waals surface area contributed by atoms with Gasteiger partial charge in [-0.25, -0.2) is 34.3 Å². The van der Waals surface area contributed by atoms with Gasteiger partial charge in [0.15, 0.2) is 22.3 Å². The van der Waals surface area contributed by atoms with Gasteiger partial charge in [0.1, 0.15) is 23.5 Å². The molecule has 34 nitrogen and oxygen atoms in total. The van der Waals surface area contributed by atoms with E-state index in [0.29, 0.717) is 115 Å². The summed E-state index contributed by atoms with van der Waals surface area (Å²) in [4.78, 5) is 135. The van der Waals surface area contributed by atoms with Crippen LogP contribution in [-0.2, 0) is 56.0 Å². The number of H-pyrrole nitrogens is 2. The molecule has 0 bridgehead atoms. The summed E-state index contributed by atoms with van der Waals surface area (Å²) < 4.78 is 26.5. The summed E-state index contributed by atoms with van der Waals surface area (Å²) in [5.41, 5.74) is 23.4. The minimum atomic E-state index is -1.31. The number of alkyl carbamates (subject to hydrolysis) is 1. The molecule has 0 saturated heterocycles. The van der Waals surface area contributed by atoms with Crippen LogP contribution in [0.15, 0.2) is 70.5 Å². The van der Waals surface area contributed by atoms with Crippen LogP contribution in [0.25, 0.3) is 22.3 Å². The Kier molecular flexibility index (Phi) is 33.9. The van der Waals surface area contributed by atoms with Crippen LogP contribution < -0.4 is 60.6 Å². The van der Waals surface area contributed by atoms with Crippen molar-refractivity contribution in [3.63, 3.8) is 0 Å². The molecule has 0 fully saturated rings. The molecule has 3 amide bonds. The molecule has 94 heavy (non-hydrogen) atoms. The van der Waals surface area contributed by atoms with Crippen LogP contribution >= 0.6 is 0 Å². The highest BCUT2D eigenvalue weighted by atomic mass is 16.6. The van der Waals surface area contributed by atoms with Gasteiger partial charge in [-0.3, -0.25) is 38.7 Å². The number of anilines is 4. The molecule has 2 atom stereocenters. The number of hydrogen-bond acceptors (Lipinski definition) is 26. The third-order valence-electron chi connectivity index (χ3n) is 12.6. The van der Waals surface area contributed by atoms with Crippen LogP contribution in [0.4, 0.5) is 28.1 Å². The molecular weight excluding hydrogens is 1230 g/mol. The van der Waals surface area contributed by atoms with Crippen LogP contribution in [0, 0.1) is 0 Å². The predicted octanol–water partition coefficient (Wildman–Crippen LogP) is 2.23. The number of carbonyl (C=O) groups is 7. The summed E-state index contributed by atoms with van der Waals surface area (Å²) in [6.07, 6.45) is 6.06. The van der Waals surface area contributed by atoms with Crippen LogP contribution in [-0.4, -0.2) is 187 Å². The first-order valence-electron chi connectivity index (χ1n) is 30.1. The smallest absolute Gasteiger partial charge is 0.407 e. The van der Waals surface area contributed by atoms with E-state index in [2.05, 4.69) is 66.5 Å². The number of rotatable bonds is 39. The lowest BCUT2D eigenvalue weighted by atomic mass is 10.0. The number of aromatic amines is 2. The number of nitrogens with zero attached hydrogens (tertiary/aromatic N) is 6. The van der Waals surface area contributed by atoms with Gasteiger partial charge in [-0.1, -0.05) is 0 Å². The molecule has 512 valence electrons. The number of Topliss-reactive ketones (excluding diaryl/α,β-unsaturated/α-hetero) is 1. The number of carboxylic acids is 3. The van der Waals surface area contributed by atoms with Crippen molar-refractivity contribution >= 4 is 87.2 Å². The van der Waals surface area contributed by atoms with E-state index in [1.54, 1.807) is 36.4 Å². The second kappa shape index (κ2) is 41.6. The van der Waals surface area contributed by atoms with E-state index < -0.39 is 64.6 Å². The molecule has 0 saturated carbocycles. The first-order chi connectivity index (χ1) is 44.9. The summed E-state index contributed by atoms with van der Waals surface area (Å²) >= 11 is 0. The van der Waals surface area contributed by atoms with Crippen LogP contribution in [0.3, 0.4) is 0 Å². The monoisotopic (exact) mass is 1320 g/mol. The van der Waals surface area contributed by atoms with E-state index in [1.807, 2.05) is 20.8 Å². The molecule has 0 spiro atoms. The third kappa shape index (κ3) is 30.5. The summed E-state index contributed by atoms with van der Waals surface area (Å²) in [6.45, 7) is 12.3. The Hall–Kier alpha value is -9.87. The van der Waals surface area contributed by atoms with Crippen molar-refractivity contribution in [3.05, 3.63) is 104 Å². The van der Waals surface area contributed by atoms with Crippen LogP contribution in [0.5, 0.6) is 0 Å². The van der Waals surface area contributed by atoms with Gasteiger partial charge in [0, 0.05) is 74.7 Å². The Morgan fingerprint density at radius 2 is 0.957 bits per heavy atom. The van der Waals surface area contributed by atoms with Crippen molar-refractivity contribution in [1.29, 1.82) is 0 Å². The number of benzene rings is 2. The van der Waals surface area contributed by atoms with Crippen molar-refractivity contribution in [2.24, 2.45) is 11.5 Å². The molecule has 34 heteroatoms. The third-order valence-corrected chi connectivity index (χ3v) is 12.6. The molecule has 18 N–H and O–H groups in total. The summed E-state index contributed by atoms with van der Waals surface area (Å²) in [6, 6.07) is 10.0. The van der Waals surface area contributed by atoms with Gasteiger partial charge in [-0.05, 0) is 127 Å². The number of carboxylic acid groups (broad SMARTS) is 3. The number of nitrogens with one attached hydrogen (secondary N) is 7. The van der Waals surface area contributed by atoms with E-state index in [4.69, 9.17) is 56.8 Å². The maximum Gasteiger partial charge on any atom is 0.407 e. The number of nitrogens with two attached hydrogens (primary N) is 4. The second-order valence-corrected chi connectivity index (χ2v) is 21.5. The normalized spacial score (nSPS) is 11.6. The van der Waals surface area contributed by atoms with Crippen LogP contribution in [0.2, 0.25) is 0 Å². The lowest BCUT2D eigenvalue weighted by Crippen LogP contribution is -2.41. The number of amides is 3. The Balaban J connectivity index is 0.000000324. The minimum absolute atomic E-state index is 0.00603. The van der Waals surface area contributed by atoms with Crippen molar-refractivity contribution in [3.8, 4) is 0 Å². The van der Waals surface area contributed by atoms with Gasteiger partial charge in [0.25, 0.3) is 22.9 Å². The molecule has 2 unspecified atom stereocenters. The fourth-order valence-electron chi connectivity index (χ4n) is 7.89. The fourth-order valence-corrected chi connectivity index (χ4v) is 7.89. The van der Waals surface area contributed by atoms with Crippen molar-refractivity contribution in [2.45, 2.75) is 116 Å². The molecule has 0 aliphatic carbocycles. The minimum Gasteiger partial charge on any atom is -0.481 e. The number of ketones is 1. The second-order valence-electron chi connectivity index (χ2n) is 21.5. The Bertz CT molecular complexity index is 3500. The molecule has 2 aromatic carbocycles. The number of carbonyl (C=O) groups excluding carboxylic acids is 4. The lowest BCUT2D eigenvalue weighted by molar-refractivity contribution is -0.141. The van der Waals surface area contributed by atoms with Crippen LogP contribution in [0.1, 0.15) is 117 Å². The topological polar surface area (TPSA) is 534 Å². The molecule has 4 heterocycles. The predicted molar refractivity (Wildman–Crippen MR) is 344 cm³/mol. The Labute approximate surface area is 539 Å². The number of unbranched alkanes of at least 4 members (excludes halogenated alkanes) is 1. The Morgan fingerprint density at radius 1 is 0.543 bits per heavy atom. The fraction of sp³-hybridized carbons (Fsp3) is 0.483. The molecular formula is C60H85N17O17. The zero-order valence-electron chi connectivity index (χ0n) is 52.7. The lowest BCUT2D eigenvalue weighted by Gasteiger charge is -2.19. The van der Waals surface area contributed by atoms with Crippen molar-refractivity contribution in [1.82, 2.24) is 55.8 Å². The number of aliphatic carboxylic acids is 3. The number of nitrogen functional groups attached to an aromatic ring is 2. The number of hydrogen-bond donors (Lipinski definition) is 14. The van der Waals surface area contributed by atoms with Gasteiger partial charge < -0.3 is 88.5 Å². The number of ether oxygens (including phenoxy) is 5. The molecule has 0 aliphatic heterocycles. The highest BCUT2D eigenvalue weighted by Gasteiger charge is 2.24. The van der Waals surface area contributed by atoms with Gasteiger partial charge in [-0.2, -0.15) is 9.97 Å². The van der Waals surface area contributed by atoms with Gasteiger partial charge in [-0.15, -0.1) is 0 Å². The van der Waals surface area contributed by atoms with Gasteiger partial charge in [0.05, 0.1) is 63.3 Å². The highest BCUT2D eigenvalue weighted by Crippen LogP contribution is 2.15. The summed E-state index contributed by atoms with van der Waals surface area (Å²) in [5.74, 6) is -5.05. The van der Waals surface area contributed by atoms with E-state index in [9.17, 15) is 48.3 Å². The zero-order chi connectivity index (χ0) is 68.8. The molecule has 6 rings (SSSR count). The van der Waals surface area contributed by atoms with E-state index in [-0.39, 0.29) is 89.9 Å². The number of fused-ring (bicyclic) bond motifs is 2. The maximum atomic E-state index is 12.7. The Morgan fingerprint density at radius 3 is 1.36 bits per heavy atom. The van der Waals surface area contributed by atoms with E-state index in [0.717, 1.165) is 19.3 Å². The molecule has 6 aromatic rings. The largest absolute Gasteiger partial charge is 0.481 e. The zero-order valence-corrected chi connectivity index (χ0v) is 52.7. The first kappa shape index (κ1) is 76.6. The number of aromatic nitrogens is 8. The SMILES string of the molecule is CC(C)(C)OC(=O)NCCCOCCOCCCN.NCCCOCCOCCCCC(=O)CCC(NC(=O)c1ccc(NCc2cnc3nc(N)[nH]c(=O)c3n2)cc1)C(=O)O.Nc1nc2ncc(CNc3ccc(C(=O)NC(CCC(=O)O)C(=O)O)cc3)nc2c(=O)[nH]1. The van der Waals surface area contributed by atoms with Crippen molar-refractivity contribution < 1.29 is 72.6 Å². The first-order valence-corrected chi connectivity index (χ1v) is 30.1. The summed E-state index contributed by atoms with van der Waals surface area (Å²) in [5, 5.41) is 41.0. The van der Waals surface area contributed by atoms with Crippen molar-refractivity contribution in [2.75, 3.05) is 94.6 Å².